The third kappa shape index (κ3) is 3.19. The van der Waals surface area contributed by atoms with Crippen molar-refractivity contribution in [2.75, 3.05) is 17.4 Å². The second-order valence-electron chi connectivity index (χ2n) is 6.74. The molecule has 0 aromatic heterocycles. The molecule has 1 aliphatic heterocycles. The predicted octanol–water partition coefficient (Wildman–Crippen LogP) is 4.19. The lowest BCUT2D eigenvalue weighted by atomic mass is 10.1. The lowest BCUT2D eigenvalue weighted by molar-refractivity contribution is -0.120. The van der Waals surface area contributed by atoms with Gasteiger partial charge in [0.25, 0.3) is 5.91 Å². The molecule has 0 radical (unpaired) electrons. The van der Waals surface area contributed by atoms with Gasteiger partial charge in [0, 0.05) is 11.8 Å². The third-order valence-corrected chi connectivity index (χ3v) is 5.91. The van der Waals surface area contributed by atoms with Crippen LogP contribution in [0.25, 0.3) is 0 Å². The van der Waals surface area contributed by atoms with Crippen molar-refractivity contribution >= 4 is 46.4 Å². The molecule has 1 unspecified atom stereocenters. The summed E-state index contributed by atoms with van der Waals surface area (Å²) < 4.78 is 9.49. The number of amides is 2. The van der Waals surface area contributed by atoms with Gasteiger partial charge in [-0.25, -0.2) is 0 Å². The quantitative estimate of drug-likeness (QED) is 0.746. The Balaban J connectivity index is 1.52. The van der Waals surface area contributed by atoms with Crippen molar-refractivity contribution in [3.63, 3.8) is 0 Å². The number of fused-ring (bicyclic) bond motifs is 1. The number of anilines is 2. The van der Waals surface area contributed by atoms with Gasteiger partial charge in [-0.2, -0.15) is 0 Å². The summed E-state index contributed by atoms with van der Waals surface area (Å²) in [6.07, 6.45) is 0.362. The summed E-state index contributed by atoms with van der Waals surface area (Å²) in [6.45, 7) is 1.85. The highest BCUT2D eigenvalue weighted by molar-refractivity contribution is 6.53. The highest BCUT2D eigenvalue weighted by Crippen LogP contribution is 2.64. The number of ether oxygens (including phenoxy) is 2. The Kier molecular flexibility index (Phi) is 4.20. The van der Waals surface area contributed by atoms with Gasteiger partial charge in [0.2, 0.25) is 12.7 Å². The molecule has 6 nitrogen and oxygen atoms in total. The first-order valence-corrected chi connectivity index (χ1v) is 9.05. The van der Waals surface area contributed by atoms with Crippen LogP contribution in [0.2, 0.25) is 0 Å². The second kappa shape index (κ2) is 6.32. The largest absolute Gasteiger partial charge is 0.454 e. The zero-order valence-corrected chi connectivity index (χ0v) is 15.9. The Bertz CT molecular complexity index is 947. The van der Waals surface area contributed by atoms with E-state index in [0.717, 1.165) is 0 Å². The first kappa shape index (κ1) is 17.9. The number of benzene rings is 2. The molecule has 0 bridgehead atoms. The van der Waals surface area contributed by atoms with Gasteiger partial charge in [-0.3, -0.25) is 9.59 Å². The fraction of sp³-hybridized carbons (Fsp3) is 0.263. The fourth-order valence-electron chi connectivity index (χ4n) is 2.87. The van der Waals surface area contributed by atoms with Gasteiger partial charge in [-0.05, 0) is 37.6 Å². The summed E-state index contributed by atoms with van der Waals surface area (Å²) in [5.74, 6) is 0.505. The molecule has 1 saturated carbocycles. The SMILES string of the molecule is CC1(C(=O)Nc2ccccc2C(=O)Nc2ccc3c(c2)OCO3)CC1(Cl)Cl. The van der Waals surface area contributed by atoms with Gasteiger partial charge < -0.3 is 20.1 Å². The molecule has 0 spiro atoms. The smallest absolute Gasteiger partial charge is 0.257 e. The summed E-state index contributed by atoms with van der Waals surface area (Å²) in [7, 11) is 0. The second-order valence-corrected chi connectivity index (χ2v) is 8.22. The van der Waals surface area contributed by atoms with Crippen molar-refractivity contribution in [2.24, 2.45) is 5.41 Å². The maximum atomic E-state index is 12.7. The van der Waals surface area contributed by atoms with E-state index in [4.69, 9.17) is 32.7 Å². The third-order valence-electron chi connectivity index (χ3n) is 4.81. The van der Waals surface area contributed by atoms with Gasteiger partial charge in [-0.15, -0.1) is 23.2 Å². The van der Waals surface area contributed by atoms with Crippen molar-refractivity contribution in [3.05, 3.63) is 48.0 Å². The van der Waals surface area contributed by atoms with E-state index >= 15 is 0 Å². The summed E-state index contributed by atoms with van der Waals surface area (Å²) in [6, 6.07) is 11.9. The number of nitrogens with one attached hydrogen (secondary N) is 2. The minimum atomic E-state index is -1.08. The lowest BCUT2D eigenvalue weighted by Crippen LogP contribution is -2.27. The van der Waals surface area contributed by atoms with Gasteiger partial charge in [0.15, 0.2) is 11.5 Å². The average Bonchev–Trinajstić information content (AvgIpc) is 2.96. The van der Waals surface area contributed by atoms with Crippen LogP contribution in [0.4, 0.5) is 11.4 Å². The summed E-state index contributed by atoms with van der Waals surface area (Å²) in [5.41, 5.74) is 0.386. The van der Waals surface area contributed by atoms with Gasteiger partial charge in [0.1, 0.15) is 4.33 Å². The maximum Gasteiger partial charge on any atom is 0.257 e. The molecule has 1 atom stereocenters. The van der Waals surface area contributed by atoms with Crippen LogP contribution in [0.5, 0.6) is 11.5 Å². The number of alkyl halides is 2. The molecule has 4 rings (SSSR count). The van der Waals surface area contributed by atoms with Crippen molar-refractivity contribution in [1.82, 2.24) is 0 Å². The van der Waals surface area contributed by atoms with Crippen LogP contribution in [-0.4, -0.2) is 22.9 Å². The molecule has 2 aromatic carbocycles. The standard InChI is InChI=1S/C19H16Cl2N2O4/c1-18(9-19(18,20)21)17(25)23-13-5-3-2-4-12(13)16(24)22-11-6-7-14-15(8-11)27-10-26-14/h2-8H,9-10H2,1H3,(H,22,24)(H,23,25). The molecule has 2 amide bonds. The number of para-hydroxylation sites is 1. The molecule has 8 heteroatoms. The zero-order valence-electron chi connectivity index (χ0n) is 14.3. The Morgan fingerprint density at radius 1 is 1.04 bits per heavy atom. The van der Waals surface area contributed by atoms with Crippen molar-refractivity contribution in [1.29, 1.82) is 0 Å². The van der Waals surface area contributed by atoms with Crippen LogP contribution in [0.15, 0.2) is 42.5 Å². The minimum Gasteiger partial charge on any atom is -0.454 e. The summed E-state index contributed by atoms with van der Waals surface area (Å²) in [5, 5.41) is 5.56. The van der Waals surface area contributed by atoms with Crippen molar-refractivity contribution in [2.45, 2.75) is 17.7 Å². The van der Waals surface area contributed by atoms with Crippen LogP contribution < -0.4 is 20.1 Å². The van der Waals surface area contributed by atoms with Crippen molar-refractivity contribution in [3.8, 4) is 11.5 Å². The zero-order chi connectivity index (χ0) is 19.2. The van der Waals surface area contributed by atoms with Gasteiger partial charge in [-0.1, -0.05) is 12.1 Å². The molecule has 1 heterocycles. The Morgan fingerprint density at radius 2 is 1.74 bits per heavy atom. The van der Waals surface area contributed by atoms with E-state index in [1.54, 1.807) is 49.4 Å². The molecule has 2 N–H and O–H groups in total. The normalized spacial score (nSPS) is 21.4. The number of hydrogen-bond donors (Lipinski definition) is 2. The topological polar surface area (TPSA) is 76.7 Å². The molecule has 1 fully saturated rings. The molecule has 1 aliphatic carbocycles. The minimum absolute atomic E-state index is 0.156. The Morgan fingerprint density at radius 3 is 2.48 bits per heavy atom. The van der Waals surface area contributed by atoms with Gasteiger partial charge >= 0.3 is 0 Å². The molecular weight excluding hydrogens is 391 g/mol. The monoisotopic (exact) mass is 406 g/mol. The van der Waals surface area contributed by atoms with Crippen LogP contribution in [0, 0.1) is 5.41 Å². The molecule has 2 aliphatic rings. The van der Waals surface area contributed by atoms with Crippen LogP contribution in [0.1, 0.15) is 23.7 Å². The Hall–Kier alpha value is -2.44. The van der Waals surface area contributed by atoms with E-state index in [1.807, 2.05) is 0 Å². The molecule has 0 saturated heterocycles. The summed E-state index contributed by atoms with van der Waals surface area (Å²) in [4.78, 5) is 25.3. The number of rotatable bonds is 4. The average molecular weight is 407 g/mol. The van der Waals surface area contributed by atoms with E-state index in [0.29, 0.717) is 34.9 Å². The molecular formula is C19H16Cl2N2O4. The van der Waals surface area contributed by atoms with E-state index < -0.39 is 9.75 Å². The van der Waals surface area contributed by atoms with Crippen LogP contribution in [-0.2, 0) is 4.79 Å². The molecule has 2 aromatic rings. The summed E-state index contributed by atoms with van der Waals surface area (Å²) >= 11 is 12.1. The Labute approximate surface area is 165 Å². The molecule has 27 heavy (non-hydrogen) atoms. The van der Waals surface area contributed by atoms with E-state index in [-0.39, 0.29) is 18.6 Å². The molecule has 140 valence electrons. The highest BCUT2D eigenvalue weighted by Gasteiger charge is 2.67. The number of carbonyl (C=O) groups excluding carboxylic acids is 2. The fourth-order valence-corrected chi connectivity index (χ4v) is 3.58. The number of hydrogen-bond acceptors (Lipinski definition) is 4. The maximum absolute atomic E-state index is 12.7. The van der Waals surface area contributed by atoms with E-state index in [1.165, 1.54) is 0 Å². The number of carbonyl (C=O) groups is 2. The van der Waals surface area contributed by atoms with E-state index in [9.17, 15) is 9.59 Å². The highest BCUT2D eigenvalue weighted by atomic mass is 35.5. The first-order chi connectivity index (χ1) is 12.8. The van der Waals surface area contributed by atoms with Crippen molar-refractivity contribution < 1.29 is 19.1 Å². The lowest BCUT2D eigenvalue weighted by Gasteiger charge is -2.15. The number of halogens is 2. The first-order valence-electron chi connectivity index (χ1n) is 8.29. The van der Waals surface area contributed by atoms with Gasteiger partial charge in [0.05, 0.1) is 16.7 Å². The van der Waals surface area contributed by atoms with E-state index in [2.05, 4.69) is 10.6 Å². The predicted molar refractivity (Wildman–Crippen MR) is 103 cm³/mol. The van der Waals surface area contributed by atoms with Crippen LogP contribution >= 0.6 is 23.2 Å². The van der Waals surface area contributed by atoms with Crippen LogP contribution in [0.3, 0.4) is 0 Å².